The Bertz CT molecular complexity index is 954. The zero-order valence-corrected chi connectivity index (χ0v) is 15.6. The van der Waals surface area contributed by atoms with Crippen molar-refractivity contribution in [2.24, 2.45) is 7.05 Å². The molecule has 1 aromatic carbocycles. The van der Waals surface area contributed by atoms with Gasteiger partial charge in [0.1, 0.15) is 12.4 Å². The molecule has 0 saturated carbocycles. The van der Waals surface area contributed by atoms with Gasteiger partial charge >= 0.3 is 5.69 Å². The Morgan fingerprint density at radius 3 is 2.38 bits per heavy atom. The van der Waals surface area contributed by atoms with Crippen molar-refractivity contribution in [1.29, 1.82) is 0 Å². The Labute approximate surface area is 152 Å². The molecule has 0 spiro atoms. The van der Waals surface area contributed by atoms with Gasteiger partial charge in [0.05, 0.1) is 6.26 Å². The van der Waals surface area contributed by atoms with E-state index in [-0.39, 0.29) is 23.9 Å². The summed E-state index contributed by atoms with van der Waals surface area (Å²) in [5, 5.41) is 4.36. The van der Waals surface area contributed by atoms with Gasteiger partial charge in [0.15, 0.2) is 5.78 Å². The molecule has 1 fully saturated rings. The molecule has 3 rings (SSSR count). The average molecular weight is 378 g/mol. The number of sulfonamides is 1. The summed E-state index contributed by atoms with van der Waals surface area (Å²) in [4.78, 5) is 24.8. The van der Waals surface area contributed by atoms with Crippen LogP contribution in [0.4, 0.5) is 0 Å². The normalized spacial score (nSPS) is 16.7. The number of carbonyl (C=O) groups excluding carboxylic acids is 1. The van der Waals surface area contributed by atoms with Crippen LogP contribution in [0.3, 0.4) is 0 Å². The topological polar surface area (TPSA) is 94.3 Å². The van der Waals surface area contributed by atoms with Crippen molar-refractivity contribution in [2.75, 3.05) is 19.3 Å². The first-order valence-corrected chi connectivity index (χ1v) is 10.3. The van der Waals surface area contributed by atoms with E-state index >= 15 is 0 Å². The van der Waals surface area contributed by atoms with Crippen LogP contribution in [-0.4, -0.2) is 52.2 Å². The van der Waals surface area contributed by atoms with Gasteiger partial charge in [-0.3, -0.25) is 9.36 Å². The molecule has 0 radical (unpaired) electrons. The third-order valence-electron chi connectivity index (χ3n) is 4.75. The minimum Gasteiger partial charge on any atom is -0.292 e. The zero-order chi connectivity index (χ0) is 18.9. The first-order valence-electron chi connectivity index (χ1n) is 8.44. The van der Waals surface area contributed by atoms with Gasteiger partial charge in [-0.1, -0.05) is 30.3 Å². The molecule has 8 nitrogen and oxygen atoms in total. The standard InChI is InChI=1S/C17H22N4O4S/c1-19-16(14-8-10-20(11-9-14)26(2,24)25)18-21(17(19)23)12-15(22)13-6-4-3-5-7-13/h3-7,14H,8-12H2,1-2H3. The van der Waals surface area contributed by atoms with Gasteiger partial charge in [0.25, 0.3) is 0 Å². The largest absolute Gasteiger partial charge is 0.346 e. The van der Waals surface area contributed by atoms with Crippen LogP contribution in [0.5, 0.6) is 0 Å². The molecule has 140 valence electrons. The van der Waals surface area contributed by atoms with Gasteiger partial charge in [0, 0.05) is 31.6 Å². The van der Waals surface area contributed by atoms with Crippen molar-refractivity contribution in [3.63, 3.8) is 0 Å². The number of hydrogen-bond donors (Lipinski definition) is 0. The van der Waals surface area contributed by atoms with E-state index in [9.17, 15) is 18.0 Å². The minimum absolute atomic E-state index is 0.00113. The molecule has 2 aromatic rings. The van der Waals surface area contributed by atoms with Crippen molar-refractivity contribution >= 4 is 15.8 Å². The van der Waals surface area contributed by atoms with Crippen LogP contribution in [0.15, 0.2) is 35.1 Å². The number of rotatable bonds is 5. The number of carbonyl (C=O) groups is 1. The van der Waals surface area contributed by atoms with Crippen LogP contribution in [0.1, 0.15) is 34.9 Å². The maximum Gasteiger partial charge on any atom is 0.346 e. The molecule has 0 aliphatic carbocycles. The smallest absolute Gasteiger partial charge is 0.292 e. The SMILES string of the molecule is Cn1c(C2CCN(S(C)(=O)=O)CC2)nn(CC(=O)c2ccccc2)c1=O. The number of piperidine rings is 1. The molecule has 9 heteroatoms. The van der Waals surface area contributed by atoms with E-state index in [0.717, 1.165) is 0 Å². The van der Waals surface area contributed by atoms with E-state index in [4.69, 9.17) is 0 Å². The predicted octanol–water partition coefficient (Wildman–Crippen LogP) is 0.604. The fraction of sp³-hybridized carbons (Fsp3) is 0.471. The number of hydrogen-bond acceptors (Lipinski definition) is 5. The van der Waals surface area contributed by atoms with Crippen molar-refractivity contribution < 1.29 is 13.2 Å². The number of benzene rings is 1. The summed E-state index contributed by atoms with van der Waals surface area (Å²) in [5.41, 5.74) is 0.197. The molecule has 0 bridgehead atoms. The van der Waals surface area contributed by atoms with E-state index in [1.807, 2.05) is 6.07 Å². The van der Waals surface area contributed by atoms with Crippen molar-refractivity contribution in [3.8, 4) is 0 Å². The van der Waals surface area contributed by atoms with Gasteiger partial charge in [-0.05, 0) is 12.8 Å². The van der Waals surface area contributed by atoms with E-state index in [2.05, 4.69) is 5.10 Å². The highest BCUT2D eigenvalue weighted by molar-refractivity contribution is 7.88. The molecule has 0 N–H and O–H groups in total. The van der Waals surface area contributed by atoms with E-state index in [1.54, 1.807) is 31.3 Å². The second-order valence-electron chi connectivity index (χ2n) is 6.58. The lowest BCUT2D eigenvalue weighted by molar-refractivity contribution is 0.0966. The fourth-order valence-corrected chi connectivity index (χ4v) is 4.13. The summed E-state index contributed by atoms with van der Waals surface area (Å²) in [6, 6.07) is 8.78. The maximum absolute atomic E-state index is 12.4. The Hall–Kier alpha value is -2.26. The Kier molecular flexibility index (Phi) is 5.10. The highest BCUT2D eigenvalue weighted by atomic mass is 32.2. The molecular weight excluding hydrogens is 356 g/mol. The number of nitrogens with zero attached hydrogens (tertiary/aromatic N) is 4. The number of aromatic nitrogens is 3. The molecule has 1 aromatic heterocycles. The van der Waals surface area contributed by atoms with Gasteiger partial charge < -0.3 is 0 Å². The second-order valence-corrected chi connectivity index (χ2v) is 8.57. The first kappa shape index (κ1) is 18.5. The summed E-state index contributed by atoms with van der Waals surface area (Å²) in [7, 11) is -1.56. The number of Topliss-reactive ketones (excluding diaryl/α,β-unsaturated/α-hetero) is 1. The third-order valence-corrected chi connectivity index (χ3v) is 6.05. The summed E-state index contributed by atoms with van der Waals surface area (Å²) in [6.07, 6.45) is 2.40. The molecule has 0 unspecified atom stereocenters. The quantitative estimate of drug-likeness (QED) is 0.711. The monoisotopic (exact) mass is 378 g/mol. The molecular formula is C17H22N4O4S. The van der Waals surface area contributed by atoms with Crippen LogP contribution >= 0.6 is 0 Å². The summed E-state index contributed by atoms with van der Waals surface area (Å²) >= 11 is 0. The van der Waals surface area contributed by atoms with Crippen molar-refractivity contribution in [2.45, 2.75) is 25.3 Å². The van der Waals surface area contributed by atoms with Crippen LogP contribution in [0, 0.1) is 0 Å². The van der Waals surface area contributed by atoms with E-state index in [1.165, 1.54) is 19.8 Å². The van der Waals surface area contributed by atoms with Crippen LogP contribution < -0.4 is 5.69 Å². The van der Waals surface area contributed by atoms with Gasteiger partial charge in [0.2, 0.25) is 10.0 Å². The maximum atomic E-state index is 12.4. The highest BCUT2D eigenvalue weighted by Crippen LogP contribution is 2.26. The summed E-state index contributed by atoms with van der Waals surface area (Å²) in [6.45, 7) is 0.708. The summed E-state index contributed by atoms with van der Waals surface area (Å²) in [5.74, 6) is 0.423. The third kappa shape index (κ3) is 3.78. The lowest BCUT2D eigenvalue weighted by Gasteiger charge is -2.29. The highest BCUT2D eigenvalue weighted by Gasteiger charge is 2.29. The molecule has 1 saturated heterocycles. The molecule has 2 heterocycles. The average Bonchev–Trinajstić information content (AvgIpc) is 2.90. The zero-order valence-electron chi connectivity index (χ0n) is 14.8. The Morgan fingerprint density at radius 1 is 1.19 bits per heavy atom. The molecule has 26 heavy (non-hydrogen) atoms. The lowest BCUT2D eigenvalue weighted by Crippen LogP contribution is -2.37. The Morgan fingerprint density at radius 2 is 1.81 bits per heavy atom. The lowest BCUT2D eigenvalue weighted by atomic mass is 9.97. The molecule has 1 aliphatic heterocycles. The van der Waals surface area contributed by atoms with Crippen molar-refractivity contribution in [3.05, 3.63) is 52.2 Å². The van der Waals surface area contributed by atoms with E-state index < -0.39 is 10.0 Å². The molecule has 0 atom stereocenters. The predicted molar refractivity (Wildman–Crippen MR) is 96.6 cm³/mol. The van der Waals surface area contributed by atoms with Gasteiger partial charge in [-0.15, -0.1) is 0 Å². The van der Waals surface area contributed by atoms with Crippen LogP contribution in [0.2, 0.25) is 0 Å². The van der Waals surface area contributed by atoms with E-state index in [0.29, 0.717) is 37.3 Å². The van der Waals surface area contributed by atoms with Crippen LogP contribution in [0.25, 0.3) is 0 Å². The molecule has 0 amide bonds. The van der Waals surface area contributed by atoms with Gasteiger partial charge in [-0.25, -0.2) is 22.2 Å². The fourth-order valence-electron chi connectivity index (χ4n) is 3.26. The first-order chi connectivity index (χ1) is 12.3. The van der Waals surface area contributed by atoms with Crippen molar-refractivity contribution in [1.82, 2.24) is 18.7 Å². The summed E-state index contributed by atoms with van der Waals surface area (Å²) < 4.78 is 27.3. The Balaban J connectivity index is 1.76. The molecule has 1 aliphatic rings. The number of ketones is 1. The van der Waals surface area contributed by atoms with Crippen LogP contribution in [-0.2, 0) is 23.6 Å². The minimum atomic E-state index is -3.20. The van der Waals surface area contributed by atoms with Gasteiger partial charge in [-0.2, -0.15) is 5.10 Å². The second kappa shape index (κ2) is 7.16.